The quantitative estimate of drug-likeness (QED) is 0.782. The van der Waals surface area contributed by atoms with Crippen molar-refractivity contribution in [2.45, 2.75) is 0 Å². The highest BCUT2D eigenvalue weighted by molar-refractivity contribution is 9.10. The van der Waals surface area contributed by atoms with Crippen LogP contribution in [0.5, 0.6) is 0 Å². The average Bonchev–Trinajstić information content (AvgIpc) is 3.03. The molecule has 0 saturated heterocycles. The first-order chi connectivity index (χ1) is 9.79. The summed E-state index contributed by atoms with van der Waals surface area (Å²) < 4.78 is 6.22. The van der Waals surface area contributed by atoms with Gasteiger partial charge in [0.1, 0.15) is 5.82 Å². The topological polar surface area (TPSA) is 51.0 Å². The van der Waals surface area contributed by atoms with Crippen molar-refractivity contribution >= 4 is 21.7 Å². The number of nitrogens with zero attached hydrogens (tertiary/aromatic N) is 2. The zero-order valence-corrected chi connectivity index (χ0v) is 12.4. The van der Waals surface area contributed by atoms with E-state index in [1.807, 2.05) is 49.5 Å². The zero-order valence-electron chi connectivity index (χ0n) is 10.8. The van der Waals surface area contributed by atoms with Crippen molar-refractivity contribution in [3.63, 3.8) is 0 Å². The fourth-order valence-electron chi connectivity index (χ4n) is 1.92. The molecule has 0 saturated carbocycles. The molecule has 0 fully saturated rings. The second-order valence-corrected chi connectivity index (χ2v) is 4.94. The molecule has 2 heterocycles. The molecule has 0 bridgehead atoms. The molecule has 3 rings (SSSR count). The summed E-state index contributed by atoms with van der Waals surface area (Å²) in [5.74, 6) is 1.93. The minimum absolute atomic E-state index is 0.557. The number of nitrogens with one attached hydrogen (secondary N) is 1. The molecular weight excluding hydrogens is 318 g/mol. The van der Waals surface area contributed by atoms with E-state index >= 15 is 0 Å². The van der Waals surface area contributed by atoms with E-state index in [4.69, 9.17) is 4.42 Å². The van der Waals surface area contributed by atoms with Crippen LogP contribution >= 0.6 is 15.9 Å². The summed E-state index contributed by atoms with van der Waals surface area (Å²) in [5.41, 5.74) is 1.85. The second-order valence-electron chi connectivity index (χ2n) is 4.15. The van der Waals surface area contributed by atoms with Crippen LogP contribution in [0.2, 0.25) is 0 Å². The van der Waals surface area contributed by atoms with Gasteiger partial charge < -0.3 is 9.73 Å². The molecule has 100 valence electrons. The Bertz CT molecular complexity index is 711. The van der Waals surface area contributed by atoms with E-state index in [0.29, 0.717) is 11.6 Å². The van der Waals surface area contributed by atoms with Crippen molar-refractivity contribution in [2.24, 2.45) is 0 Å². The number of rotatable bonds is 3. The molecular formula is C15H12BrN3O. The van der Waals surface area contributed by atoms with Crippen LogP contribution in [0.25, 0.3) is 22.8 Å². The molecule has 0 aliphatic heterocycles. The van der Waals surface area contributed by atoms with Gasteiger partial charge in [-0.2, -0.15) is 0 Å². The summed E-state index contributed by atoms with van der Waals surface area (Å²) in [4.78, 5) is 9.06. The molecule has 0 aliphatic carbocycles. The SMILES string of the molecule is CNc1nc(-c2ccco2)nc(-c2ccccc2)c1Br. The van der Waals surface area contributed by atoms with Crippen LogP contribution in [-0.4, -0.2) is 17.0 Å². The lowest BCUT2D eigenvalue weighted by atomic mass is 10.1. The van der Waals surface area contributed by atoms with Crippen LogP contribution < -0.4 is 5.32 Å². The molecule has 20 heavy (non-hydrogen) atoms. The highest BCUT2D eigenvalue weighted by Gasteiger charge is 2.15. The van der Waals surface area contributed by atoms with Crippen molar-refractivity contribution < 1.29 is 4.42 Å². The van der Waals surface area contributed by atoms with E-state index in [9.17, 15) is 0 Å². The standard InChI is InChI=1S/C15H12BrN3O/c1-17-15-12(16)13(10-6-3-2-4-7-10)18-14(19-15)11-8-5-9-20-11/h2-9H,1H3,(H,17,18,19). The number of hydrogen-bond donors (Lipinski definition) is 1. The first kappa shape index (κ1) is 12.9. The lowest BCUT2D eigenvalue weighted by Crippen LogP contribution is -2.00. The van der Waals surface area contributed by atoms with Crippen LogP contribution in [0.3, 0.4) is 0 Å². The summed E-state index contributed by atoms with van der Waals surface area (Å²) in [6.45, 7) is 0. The predicted molar refractivity (Wildman–Crippen MR) is 82.4 cm³/mol. The van der Waals surface area contributed by atoms with Gasteiger partial charge in [-0.25, -0.2) is 9.97 Å². The Morgan fingerprint density at radius 3 is 2.50 bits per heavy atom. The van der Waals surface area contributed by atoms with E-state index in [0.717, 1.165) is 21.5 Å². The van der Waals surface area contributed by atoms with E-state index in [1.165, 1.54) is 0 Å². The summed E-state index contributed by atoms with van der Waals surface area (Å²) >= 11 is 3.56. The van der Waals surface area contributed by atoms with E-state index in [-0.39, 0.29) is 0 Å². The average molecular weight is 330 g/mol. The van der Waals surface area contributed by atoms with Crippen molar-refractivity contribution in [3.8, 4) is 22.8 Å². The highest BCUT2D eigenvalue weighted by Crippen LogP contribution is 2.33. The maximum absolute atomic E-state index is 5.38. The van der Waals surface area contributed by atoms with Gasteiger partial charge in [-0.15, -0.1) is 0 Å². The monoisotopic (exact) mass is 329 g/mol. The van der Waals surface area contributed by atoms with Crippen molar-refractivity contribution in [3.05, 3.63) is 53.2 Å². The van der Waals surface area contributed by atoms with Gasteiger partial charge in [0, 0.05) is 12.6 Å². The number of benzene rings is 1. The molecule has 4 nitrogen and oxygen atoms in total. The molecule has 0 spiro atoms. The molecule has 3 aromatic rings. The van der Waals surface area contributed by atoms with Crippen molar-refractivity contribution in [2.75, 3.05) is 12.4 Å². The fraction of sp³-hybridized carbons (Fsp3) is 0.0667. The Morgan fingerprint density at radius 2 is 1.85 bits per heavy atom. The van der Waals surface area contributed by atoms with Crippen LogP contribution in [-0.2, 0) is 0 Å². The summed E-state index contributed by atoms with van der Waals surface area (Å²) in [7, 11) is 1.83. The second kappa shape index (κ2) is 5.46. The number of halogens is 1. The molecule has 0 radical (unpaired) electrons. The van der Waals surface area contributed by atoms with Gasteiger partial charge in [-0.1, -0.05) is 30.3 Å². The molecule has 2 aromatic heterocycles. The smallest absolute Gasteiger partial charge is 0.198 e. The van der Waals surface area contributed by atoms with E-state index < -0.39 is 0 Å². The third kappa shape index (κ3) is 2.32. The van der Waals surface area contributed by atoms with E-state index in [2.05, 4.69) is 31.2 Å². The summed E-state index contributed by atoms with van der Waals surface area (Å²) in [5, 5.41) is 3.07. The number of furan rings is 1. The van der Waals surface area contributed by atoms with Crippen molar-refractivity contribution in [1.29, 1.82) is 0 Å². The third-order valence-electron chi connectivity index (χ3n) is 2.88. The molecule has 0 atom stereocenters. The Labute approximate surface area is 125 Å². The third-order valence-corrected chi connectivity index (χ3v) is 3.63. The van der Waals surface area contributed by atoms with Crippen LogP contribution in [0.15, 0.2) is 57.6 Å². The van der Waals surface area contributed by atoms with Gasteiger partial charge in [-0.05, 0) is 28.1 Å². The first-order valence-corrected chi connectivity index (χ1v) is 6.93. The Kier molecular flexibility index (Phi) is 3.52. The molecule has 1 aromatic carbocycles. The molecule has 5 heteroatoms. The fourth-order valence-corrected chi connectivity index (χ4v) is 2.52. The lowest BCUT2D eigenvalue weighted by Gasteiger charge is -2.10. The zero-order chi connectivity index (χ0) is 13.9. The van der Waals surface area contributed by atoms with Crippen LogP contribution in [0, 0.1) is 0 Å². The van der Waals surface area contributed by atoms with Gasteiger partial charge in [-0.3, -0.25) is 0 Å². The molecule has 0 aliphatic rings. The van der Waals surface area contributed by atoms with Crippen LogP contribution in [0.4, 0.5) is 5.82 Å². The summed E-state index contributed by atoms with van der Waals surface area (Å²) in [6, 6.07) is 13.6. The maximum Gasteiger partial charge on any atom is 0.198 e. The van der Waals surface area contributed by atoms with Crippen molar-refractivity contribution in [1.82, 2.24) is 9.97 Å². The minimum atomic E-state index is 0.557. The van der Waals surface area contributed by atoms with Gasteiger partial charge >= 0.3 is 0 Å². The molecule has 1 N–H and O–H groups in total. The van der Waals surface area contributed by atoms with Gasteiger partial charge in [0.2, 0.25) is 0 Å². The number of hydrogen-bond acceptors (Lipinski definition) is 4. The Morgan fingerprint density at radius 1 is 1.05 bits per heavy atom. The summed E-state index contributed by atoms with van der Waals surface area (Å²) in [6.07, 6.45) is 1.61. The van der Waals surface area contributed by atoms with Gasteiger partial charge in [0.05, 0.1) is 16.4 Å². The van der Waals surface area contributed by atoms with E-state index in [1.54, 1.807) is 6.26 Å². The lowest BCUT2D eigenvalue weighted by molar-refractivity contribution is 0.577. The van der Waals surface area contributed by atoms with Gasteiger partial charge in [0.15, 0.2) is 11.6 Å². The Hall–Kier alpha value is -2.14. The predicted octanol–water partition coefficient (Wildman–Crippen LogP) is 4.21. The normalized spacial score (nSPS) is 10.5. The first-order valence-electron chi connectivity index (χ1n) is 6.14. The highest BCUT2D eigenvalue weighted by atomic mass is 79.9. The largest absolute Gasteiger partial charge is 0.461 e. The molecule has 0 unspecified atom stereocenters. The van der Waals surface area contributed by atoms with Crippen LogP contribution in [0.1, 0.15) is 0 Å². The molecule has 0 amide bonds. The number of anilines is 1. The van der Waals surface area contributed by atoms with Gasteiger partial charge in [0.25, 0.3) is 0 Å². The number of aromatic nitrogens is 2. The maximum atomic E-state index is 5.38. The minimum Gasteiger partial charge on any atom is -0.461 e. The Balaban J connectivity index is 2.21.